The summed E-state index contributed by atoms with van der Waals surface area (Å²) in [6.07, 6.45) is 3.55. The van der Waals surface area contributed by atoms with Gasteiger partial charge in [0.15, 0.2) is 5.82 Å². The summed E-state index contributed by atoms with van der Waals surface area (Å²) in [6.45, 7) is 10.6. The second kappa shape index (κ2) is 6.49. The summed E-state index contributed by atoms with van der Waals surface area (Å²) in [5, 5.41) is 18.2. The summed E-state index contributed by atoms with van der Waals surface area (Å²) in [5.74, 6) is 1.62. The molecule has 1 N–H and O–H groups in total. The average Bonchev–Trinajstić information content (AvgIpc) is 2.97. The van der Waals surface area contributed by atoms with E-state index in [0.717, 1.165) is 42.5 Å². The van der Waals surface area contributed by atoms with Crippen molar-refractivity contribution in [2.75, 3.05) is 18.0 Å². The van der Waals surface area contributed by atoms with Gasteiger partial charge in [0.2, 0.25) is 5.95 Å². The number of morpholine rings is 1. The second-order valence-corrected chi connectivity index (χ2v) is 6.88. The molecule has 7 nitrogen and oxygen atoms in total. The summed E-state index contributed by atoms with van der Waals surface area (Å²) >= 11 is 0. The first-order chi connectivity index (χ1) is 11.4. The predicted octanol–water partition coefficient (Wildman–Crippen LogP) is 1.86. The third-order valence-corrected chi connectivity index (χ3v) is 4.14. The lowest BCUT2D eigenvalue weighted by molar-refractivity contribution is -0.0755. The minimum Gasteiger partial charge on any atom is -0.392 e. The van der Waals surface area contributed by atoms with Gasteiger partial charge in [-0.25, -0.2) is 0 Å². The molecule has 2 aromatic heterocycles. The van der Waals surface area contributed by atoms with Crippen LogP contribution in [0, 0.1) is 0 Å². The molecule has 0 radical (unpaired) electrons. The minimum absolute atomic E-state index is 0.0386. The molecule has 0 spiro atoms. The van der Waals surface area contributed by atoms with Gasteiger partial charge in [-0.2, -0.15) is 0 Å². The average molecular weight is 331 g/mol. The van der Waals surface area contributed by atoms with Crippen molar-refractivity contribution in [3.63, 3.8) is 0 Å². The van der Waals surface area contributed by atoms with Crippen molar-refractivity contribution < 1.29 is 9.84 Å². The normalized spacial score (nSPS) is 20.4. The molecule has 0 saturated carbocycles. The summed E-state index contributed by atoms with van der Waals surface area (Å²) in [4.78, 5) is 6.42. The van der Waals surface area contributed by atoms with E-state index in [0.29, 0.717) is 0 Å². The van der Waals surface area contributed by atoms with Crippen LogP contribution in [0.3, 0.4) is 0 Å². The molecule has 1 atom stereocenters. The number of hydrogen-bond acceptors (Lipinski definition) is 6. The maximum atomic E-state index is 9.33. The molecule has 1 aliphatic heterocycles. The van der Waals surface area contributed by atoms with Gasteiger partial charge in [0, 0.05) is 37.6 Å². The molecule has 1 aliphatic rings. The van der Waals surface area contributed by atoms with Gasteiger partial charge in [-0.3, -0.25) is 9.55 Å². The van der Waals surface area contributed by atoms with Crippen LogP contribution in [0.4, 0.5) is 5.95 Å². The number of rotatable bonds is 4. The maximum absolute atomic E-state index is 9.33. The Morgan fingerprint density at radius 2 is 2.12 bits per heavy atom. The first-order valence-electron chi connectivity index (χ1n) is 8.34. The van der Waals surface area contributed by atoms with Gasteiger partial charge in [0.25, 0.3) is 0 Å². The van der Waals surface area contributed by atoms with Crippen molar-refractivity contribution in [2.24, 2.45) is 0 Å². The summed E-state index contributed by atoms with van der Waals surface area (Å²) in [6, 6.07) is 1.90. The van der Waals surface area contributed by atoms with Crippen molar-refractivity contribution in [1.29, 1.82) is 0 Å². The van der Waals surface area contributed by atoms with Crippen molar-refractivity contribution in [2.45, 2.75) is 52.6 Å². The van der Waals surface area contributed by atoms with Crippen LogP contribution in [0.1, 0.15) is 33.3 Å². The van der Waals surface area contributed by atoms with Gasteiger partial charge in [0.1, 0.15) is 0 Å². The number of aliphatic hydroxyl groups is 1. The number of hydrogen-bond donors (Lipinski definition) is 1. The van der Waals surface area contributed by atoms with Crippen LogP contribution in [0.5, 0.6) is 0 Å². The molecule has 1 fully saturated rings. The second-order valence-electron chi connectivity index (χ2n) is 6.88. The molecule has 7 heteroatoms. The Morgan fingerprint density at radius 1 is 1.33 bits per heavy atom. The largest absolute Gasteiger partial charge is 0.392 e. The van der Waals surface area contributed by atoms with Gasteiger partial charge in [0.05, 0.1) is 18.3 Å². The minimum atomic E-state index is -0.222. The number of nitrogens with zero attached hydrogens (tertiary/aromatic N) is 5. The molecule has 1 saturated heterocycles. The van der Waals surface area contributed by atoms with Crippen molar-refractivity contribution in [3.8, 4) is 11.4 Å². The Labute approximate surface area is 142 Å². The van der Waals surface area contributed by atoms with Crippen LogP contribution in [0.25, 0.3) is 11.4 Å². The van der Waals surface area contributed by atoms with Crippen LogP contribution in [0.2, 0.25) is 0 Å². The summed E-state index contributed by atoms with van der Waals surface area (Å²) in [7, 11) is 0. The van der Waals surface area contributed by atoms with Gasteiger partial charge in [-0.15, -0.1) is 10.2 Å². The fourth-order valence-corrected chi connectivity index (χ4v) is 3.34. The molecular weight excluding hydrogens is 306 g/mol. The number of aromatic nitrogens is 4. The molecule has 0 aliphatic carbocycles. The standard InChI is InChI=1S/C17H25N5O2/c1-5-22-15(14-6-13(10-23)7-18-8-14)19-20-16(22)21-9-12(2)24-17(3,4)11-21/h6-8,12,23H,5,9-11H2,1-4H3. The van der Waals surface area contributed by atoms with E-state index in [9.17, 15) is 5.11 Å². The Balaban J connectivity index is 1.97. The molecule has 3 heterocycles. The lowest BCUT2D eigenvalue weighted by Crippen LogP contribution is -2.52. The molecule has 2 aromatic rings. The number of ether oxygens (including phenoxy) is 1. The van der Waals surface area contributed by atoms with Crippen molar-refractivity contribution >= 4 is 5.95 Å². The molecule has 0 aromatic carbocycles. The lowest BCUT2D eigenvalue weighted by Gasteiger charge is -2.42. The monoisotopic (exact) mass is 331 g/mol. The highest BCUT2D eigenvalue weighted by molar-refractivity contribution is 5.57. The highest BCUT2D eigenvalue weighted by Crippen LogP contribution is 2.28. The Hall–Kier alpha value is -1.99. The SMILES string of the molecule is CCn1c(-c2cncc(CO)c2)nnc1N1CC(C)OC(C)(C)C1. The van der Waals surface area contributed by atoms with Crippen LogP contribution < -0.4 is 4.90 Å². The molecule has 3 rings (SSSR count). The van der Waals surface area contributed by atoms with Crippen molar-refractivity contribution in [3.05, 3.63) is 24.0 Å². The Kier molecular flexibility index (Phi) is 4.56. The smallest absolute Gasteiger partial charge is 0.227 e. The maximum Gasteiger partial charge on any atom is 0.227 e. The topological polar surface area (TPSA) is 76.3 Å². The first-order valence-corrected chi connectivity index (χ1v) is 8.34. The molecule has 24 heavy (non-hydrogen) atoms. The van der Waals surface area contributed by atoms with Crippen LogP contribution in [-0.2, 0) is 17.9 Å². The van der Waals surface area contributed by atoms with E-state index in [1.807, 2.05) is 6.07 Å². The molecular formula is C17H25N5O2. The highest BCUT2D eigenvalue weighted by atomic mass is 16.5. The van der Waals surface area contributed by atoms with E-state index in [1.165, 1.54) is 0 Å². The highest BCUT2D eigenvalue weighted by Gasteiger charge is 2.33. The van der Waals surface area contributed by atoms with Crippen LogP contribution in [-0.4, -0.2) is 49.6 Å². The summed E-state index contributed by atoms with van der Waals surface area (Å²) < 4.78 is 8.07. The van der Waals surface area contributed by atoms with E-state index < -0.39 is 0 Å². The molecule has 0 amide bonds. The number of anilines is 1. The van der Waals surface area contributed by atoms with Gasteiger partial charge < -0.3 is 14.7 Å². The van der Waals surface area contributed by atoms with Gasteiger partial charge in [-0.05, 0) is 39.3 Å². The van der Waals surface area contributed by atoms with E-state index >= 15 is 0 Å². The molecule has 1 unspecified atom stereocenters. The fourth-order valence-electron chi connectivity index (χ4n) is 3.34. The van der Waals surface area contributed by atoms with Gasteiger partial charge in [-0.1, -0.05) is 0 Å². The summed E-state index contributed by atoms with van der Waals surface area (Å²) in [5.41, 5.74) is 1.41. The Morgan fingerprint density at radius 3 is 2.79 bits per heavy atom. The van der Waals surface area contributed by atoms with Crippen LogP contribution in [0.15, 0.2) is 18.5 Å². The zero-order chi connectivity index (χ0) is 17.3. The third-order valence-electron chi connectivity index (χ3n) is 4.14. The lowest BCUT2D eigenvalue weighted by atomic mass is 10.1. The van der Waals surface area contributed by atoms with Gasteiger partial charge >= 0.3 is 0 Å². The molecule has 130 valence electrons. The third kappa shape index (κ3) is 3.27. The van der Waals surface area contributed by atoms with E-state index in [4.69, 9.17) is 4.74 Å². The quantitative estimate of drug-likeness (QED) is 0.921. The van der Waals surface area contributed by atoms with E-state index in [1.54, 1.807) is 12.4 Å². The number of aliphatic hydroxyl groups excluding tert-OH is 1. The zero-order valence-electron chi connectivity index (χ0n) is 14.7. The number of pyridine rings is 1. The zero-order valence-corrected chi connectivity index (χ0v) is 14.7. The van der Waals surface area contributed by atoms with Crippen LogP contribution >= 0.6 is 0 Å². The first kappa shape index (κ1) is 16.9. The van der Waals surface area contributed by atoms with E-state index in [2.05, 4.69) is 52.3 Å². The van der Waals surface area contributed by atoms with E-state index in [-0.39, 0.29) is 18.3 Å². The van der Waals surface area contributed by atoms with Crippen molar-refractivity contribution in [1.82, 2.24) is 19.7 Å². The molecule has 0 bridgehead atoms. The fraction of sp³-hybridized carbons (Fsp3) is 0.588. The Bertz CT molecular complexity index is 713. The predicted molar refractivity (Wildman–Crippen MR) is 91.7 cm³/mol.